The average Bonchev–Trinajstić information content (AvgIpc) is 2.48. The molecule has 1 aliphatic carbocycles. The summed E-state index contributed by atoms with van der Waals surface area (Å²) in [5, 5.41) is 0. The number of hydrogen-bond acceptors (Lipinski definition) is 3. The first-order valence-corrected chi connectivity index (χ1v) is 7.87. The van der Waals surface area contributed by atoms with Crippen LogP contribution in [0.25, 0.3) is 0 Å². The van der Waals surface area contributed by atoms with Crippen LogP contribution >= 0.6 is 0 Å². The van der Waals surface area contributed by atoms with Gasteiger partial charge in [-0.3, -0.25) is 4.90 Å². The maximum absolute atomic E-state index is 6.18. The monoisotopic (exact) mass is 269 g/mol. The number of likely N-dealkylation sites (N-methyl/N-ethyl adjacent to an activating group) is 1. The molecule has 0 heterocycles. The van der Waals surface area contributed by atoms with E-state index in [2.05, 4.69) is 44.8 Å². The van der Waals surface area contributed by atoms with Gasteiger partial charge in [0.1, 0.15) is 0 Å². The van der Waals surface area contributed by atoms with Gasteiger partial charge in [0.2, 0.25) is 0 Å². The Morgan fingerprint density at radius 1 is 0.947 bits per heavy atom. The third kappa shape index (κ3) is 5.05. The Morgan fingerprint density at radius 2 is 1.63 bits per heavy atom. The molecule has 2 N–H and O–H groups in total. The van der Waals surface area contributed by atoms with E-state index >= 15 is 0 Å². The van der Waals surface area contributed by atoms with Crippen LogP contribution in [0, 0.1) is 5.41 Å². The summed E-state index contributed by atoms with van der Waals surface area (Å²) in [6.45, 7) is 7.95. The highest BCUT2D eigenvalue weighted by molar-refractivity contribution is 4.94. The molecule has 1 atom stereocenters. The molecule has 0 aliphatic heterocycles. The maximum Gasteiger partial charge on any atom is 0.0328 e. The van der Waals surface area contributed by atoms with Crippen LogP contribution in [0.5, 0.6) is 0 Å². The Kier molecular flexibility index (Phi) is 6.28. The Morgan fingerprint density at radius 3 is 2.21 bits per heavy atom. The molecule has 3 nitrogen and oxygen atoms in total. The highest BCUT2D eigenvalue weighted by Crippen LogP contribution is 2.39. The van der Waals surface area contributed by atoms with Gasteiger partial charge in [0.15, 0.2) is 0 Å². The van der Waals surface area contributed by atoms with E-state index < -0.39 is 0 Å². The molecule has 0 aromatic carbocycles. The van der Waals surface area contributed by atoms with E-state index in [0.29, 0.717) is 5.41 Å². The van der Waals surface area contributed by atoms with E-state index in [-0.39, 0.29) is 5.54 Å². The van der Waals surface area contributed by atoms with Crippen molar-refractivity contribution in [2.75, 3.05) is 40.8 Å². The Labute approximate surface area is 120 Å². The first-order chi connectivity index (χ1) is 8.81. The molecule has 1 saturated carbocycles. The van der Waals surface area contributed by atoms with Gasteiger partial charge in [-0.05, 0) is 71.8 Å². The van der Waals surface area contributed by atoms with Crippen LogP contribution in [0.4, 0.5) is 0 Å². The number of nitrogens with two attached hydrogens (primary N) is 1. The molecule has 0 amide bonds. The van der Waals surface area contributed by atoms with Crippen LogP contribution in [-0.4, -0.2) is 56.1 Å². The first-order valence-electron chi connectivity index (χ1n) is 7.87. The normalized spacial score (nSPS) is 27.8. The Hall–Kier alpha value is -0.120. The molecule has 1 rings (SSSR count). The number of nitrogens with zero attached hydrogens (tertiary/aromatic N) is 2. The third-order valence-corrected chi connectivity index (χ3v) is 5.05. The Balaban J connectivity index is 2.58. The molecule has 0 aromatic rings. The lowest BCUT2D eigenvalue weighted by Crippen LogP contribution is -2.52. The van der Waals surface area contributed by atoms with E-state index in [9.17, 15) is 0 Å². The van der Waals surface area contributed by atoms with E-state index in [1.54, 1.807) is 0 Å². The van der Waals surface area contributed by atoms with Crippen LogP contribution < -0.4 is 5.73 Å². The van der Waals surface area contributed by atoms with E-state index in [0.717, 1.165) is 19.6 Å². The van der Waals surface area contributed by atoms with Gasteiger partial charge in [-0.15, -0.1) is 0 Å². The van der Waals surface area contributed by atoms with E-state index in [1.165, 1.54) is 38.5 Å². The summed E-state index contributed by atoms with van der Waals surface area (Å²) in [7, 11) is 6.57. The summed E-state index contributed by atoms with van der Waals surface area (Å²) in [4.78, 5) is 4.82. The van der Waals surface area contributed by atoms with Gasteiger partial charge in [-0.25, -0.2) is 0 Å². The molecule has 19 heavy (non-hydrogen) atoms. The van der Waals surface area contributed by atoms with Crippen LogP contribution in [0.3, 0.4) is 0 Å². The fraction of sp³-hybridized carbons (Fsp3) is 1.00. The van der Waals surface area contributed by atoms with Gasteiger partial charge in [-0.1, -0.05) is 20.3 Å². The molecule has 114 valence electrons. The van der Waals surface area contributed by atoms with Crippen molar-refractivity contribution >= 4 is 0 Å². The summed E-state index contributed by atoms with van der Waals surface area (Å²) in [5.74, 6) is 0. The lowest BCUT2D eigenvalue weighted by atomic mass is 9.83. The first kappa shape index (κ1) is 16.9. The fourth-order valence-corrected chi connectivity index (χ4v) is 3.32. The Bertz CT molecular complexity index is 263. The third-order valence-electron chi connectivity index (χ3n) is 5.05. The second kappa shape index (κ2) is 7.05. The van der Waals surface area contributed by atoms with E-state index in [4.69, 9.17) is 5.73 Å². The largest absolute Gasteiger partial charge is 0.329 e. The smallest absolute Gasteiger partial charge is 0.0328 e. The van der Waals surface area contributed by atoms with Gasteiger partial charge in [0.25, 0.3) is 0 Å². The van der Waals surface area contributed by atoms with Gasteiger partial charge in [-0.2, -0.15) is 0 Å². The summed E-state index contributed by atoms with van der Waals surface area (Å²) < 4.78 is 0. The van der Waals surface area contributed by atoms with Crippen LogP contribution in [0.2, 0.25) is 0 Å². The van der Waals surface area contributed by atoms with E-state index in [1.807, 2.05) is 0 Å². The van der Waals surface area contributed by atoms with Crippen molar-refractivity contribution in [2.24, 2.45) is 11.1 Å². The molecular weight excluding hydrogens is 234 g/mol. The molecular formula is C16H35N3. The molecule has 3 heteroatoms. The summed E-state index contributed by atoms with van der Waals surface area (Å²) >= 11 is 0. The van der Waals surface area contributed by atoms with Crippen LogP contribution in [0.1, 0.15) is 52.4 Å². The predicted octanol–water partition coefficient (Wildman–Crippen LogP) is 2.56. The minimum atomic E-state index is 0.250. The van der Waals surface area contributed by atoms with Crippen molar-refractivity contribution in [1.82, 2.24) is 9.80 Å². The minimum Gasteiger partial charge on any atom is -0.329 e. The van der Waals surface area contributed by atoms with Gasteiger partial charge < -0.3 is 10.6 Å². The van der Waals surface area contributed by atoms with Crippen molar-refractivity contribution in [3.8, 4) is 0 Å². The standard InChI is InChI=1S/C16H35N3/c1-15(2)8-6-9-16(14-17,11-10-15)19(5)13-7-12-18(3)4/h6-14,17H2,1-5H3. The average molecular weight is 269 g/mol. The second-order valence-corrected chi connectivity index (χ2v) is 7.52. The number of hydrogen-bond donors (Lipinski definition) is 1. The number of rotatable bonds is 6. The quantitative estimate of drug-likeness (QED) is 0.752. The van der Waals surface area contributed by atoms with Crippen LogP contribution in [-0.2, 0) is 0 Å². The zero-order valence-corrected chi connectivity index (χ0v) is 13.8. The zero-order chi connectivity index (χ0) is 14.5. The zero-order valence-electron chi connectivity index (χ0n) is 13.8. The van der Waals surface area contributed by atoms with Gasteiger partial charge >= 0.3 is 0 Å². The minimum absolute atomic E-state index is 0.250. The lowest BCUT2D eigenvalue weighted by Gasteiger charge is -2.41. The van der Waals surface area contributed by atoms with Gasteiger partial charge in [0.05, 0.1) is 0 Å². The topological polar surface area (TPSA) is 32.5 Å². The molecule has 0 aromatic heterocycles. The fourth-order valence-electron chi connectivity index (χ4n) is 3.32. The molecule has 0 radical (unpaired) electrons. The second-order valence-electron chi connectivity index (χ2n) is 7.52. The van der Waals surface area contributed by atoms with Crippen molar-refractivity contribution in [1.29, 1.82) is 0 Å². The molecule has 0 bridgehead atoms. The SMILES string of the molecule is CN(C)CCCN(C)C1(CN)CCCC(C)(C)CC1. The molecule has 1 fully saturated rings. The van der Waals surface area contributed by atoms with Crippen molar-refractivity contribution in [3.63, 3.8) is 0 Å². The summed E-state index contributed by atoms with van der Waals surface area (Å²) in [6.07, 6.45) is 7.74. The van der Waals surface area contributed by atoms with Gasteiger partial charge in [0, 0.05) is 12.1 Å². The highest BCUT2D eigenvalue weighted by atomic mass is 15.2. The van der Waals surface area contributed by atoms with Crippen LogP contribution in [0.15, 0.2) is 0 Å². The predicted molar refractivity (Wildman–Crippen MR) is 84.5 cm³/mol. The molecule has 1 aliphatic rings. The van der Waals surface area contributed by atoms with Crippen molar-refractivity contribution < 1.29 is 0 Å². The molecule has 0 spiro atoms. The molecule has 0 saturated heterocycles. The highest BCUT2D eigenvalue weighted by Gasteiger charge is 2.37. The summed E-state index contributed by atoms with van der Waals surface area (Å²) in [6, 6.07) is 0. The molecule has 1 unspecified atom stereocenters. The van der Waals surface area contributed by atoms with Crippen molar-refractivity contribution in [3.05, 3.63) is 0 Å². The maximum atomic E-state index is 6.18. The lowest BCUT2D eigenvalue weighted by molar-refractivity contribution is 0.0997. The van der Waals surface area contributed by atoms with Crippen molar-refractivity contribution in [2.45, 2.75) is 57.9 Å². The summed E-state index contributed by atoms with van der Waals surface area (Å²) in [5.41, 5.74) is 6.93.